The molecular weight excluding hydrogens is 360 g/mol. The first kappa shape index (κ1) is 18.1. The van der Waals surface area contributed by atoms with E-state index in [1.807, 2.05) is 29.5 Å². The summed E-state index contributed by atoms with van der Waals surface area (Å²) in [6.07, 6.45) is 5.67. The summed E-state index contributed by atoms with van der Waals surface area (Å²) in [6, 6.07) is 9.97. The van der Waals surface area contributed by atoms with Crippen LogP contribution in [0.15, 0.2) is 41.8 Å². The molecule has 1 N–H and O–H groups in total. The van der Waals surface area contributed by atoms with Gasteiger partial charge in [-0.2, -0.15) is 0 Å². The molecule has 5 nitrogen and oxygen atoms in total. The lowest BCUT2D eigenvalue weighted by molar-refractivity contribution is -0.116. The van der Waals surface area contributed by atoms with Crippen LogP contribution in [0, 0.1) is 5.92 Å². The number of carbonyl (C=O) groups excluding carboxylic acids is 1. The van der Waals surface area contributed by atoms with Gasteiger partial charge < -0.3 is 14.8 Å². The molecule has 2 aliphatic heterocycles. The summed E-state index contributed by atoms with van der Waals surface area (Å²) in [6.45, 7) is 4.26. The molecule has 1 aromatic carbocycles. The highest BCUT2D eigenvalue weighted by Gasteiger charge is 2.19. The smallest absolute Gasteiger partial charge is 0.244 e. The molecule has 27 heavy (non-hydrogen) atoms. The van der Waals surface area contributed by atoms with E-state index in [9.17, 15) is 4.79 Å². The van der Waals surface area contributed by atoms with Gasteiger partial charge in [0.25, 0.3) is 0 Å². The van der Waals surface area contributed by atoms with E-state index in [1.165, 1.54) is 4.88 Å². The molecular formula is C21H24N2O3S. The van der Waals surface area contributed by atoms with Crippen molar-refractivity contribution >= 4 is 23.3 Å². The summed E-state index contributed by atoms with van der Waals surface area (Å²) in [7, 11) is 0. The SMILES string of the molecule is O=C(/C=C/c1ccc2c(c1)OCO2)NCC1CCN(Cc2cccs2)CC1. The standard InChI is InChI=1S/C21H24N2O3S/c24-21(6-4-16-3-5-19-20(12-16)26-15-25-19)22-13-17-7-9-23(10-8-17)14-18-2-1-11-27-18/h1-6,11-12,17H,7-10,13-15H2,(H,22,24)/b6-4+. The second kappa shape index (κ2) is 8.59. The number of nitrogens with zero attached hydrogens (tertiary/aromatic N) is 1. The van der Waals surface area contributed by atoms with Gasteiger partial charge in [-0.15, -0.1) is 11.3 Å². The van der Waals surface area contributed by atoms with E-state index in [0.29, 0.717) is 5.92 Å². The van der Waals surface area contributed by atoms with Gasteiger partial charge in [0.2, 0.25) is 12.7 Å². The third kappa shape index (κ3) is 4.90. The van der Waals surface area contributed by atoms with Crippen molar-refractivity contribution in [2.24, 2.45) is 5.92 Å². The number of likely N-dealkylation sites (tertiary alicyclic amines) is 1. The summed E-state index contributed by atoms with van der Waals surface area (Å²) in [5.74, 6) is 2.00. The van der Waals surface area contributed by atoms with Gasteiger partial charge in [0, 0.05) is 24.0 Å². The van der Waals surface area contributed by atoms with Gasteiger partial charge >= 0.3 is 0 Å². The molecule has 0 radical (unpaired) electrons. The summed E-state index contributed by atoms with van der Waals surface area (Å²) in [5.41, 5.74) is 0.927. The number of nitrogens with one attached hydrogen (secondary N) is 1. The Morgan fingerprint density at radius 1 is 1.22 bits per heavy atom. The van der Waals surface area contributed by atoms with Crippen molar-refractivity contribution in [2.45, 2.75) is 19.4 Å². The van der Waals surface area contributed by atoms with E-state index in [1.54, 1.807) is 12.2 Å². The fraction of sp³-hybridized carbons (Fsp3) is 0.381. The molecule has 0 bridgehead atoms. The molecule has 2 aromatic rings. The number of benzene rings is 1. The largest absolute Gasteiger partial charge is 0.454 e. The van der Waals surface area contributed by atoms with Crippen molar-refractivity contribution in [1.82, 2.24) is 10.2 Å². The monoisotopic (exact) mass is 384 g/mol. The number of ether oxygens (including phenoxy) is 2. The first-order chi connectivity index (χ1) is 13.3. The van der Waals surface area contributed by atoms with Crippen molar-refractivity contribution in [3.63, 3.8) is 0 Å². The van der Waals surface area contributed by atoms with Crippen LogP contribution in [0.2, 0.25) is 0 Å². The minimum atomic E-state index is -0.0475. The molecule has 4 rings (SSSR count). The van der Waals surface area contributed by atoms with Gasteiger partial charge in [-0.3, -0.25) is 9.69 Å². The van der Waals surface area contributed by atoms with Crippen LogP contribution in [-0.4, -0.2) is 37.2 Å². The van der Waals surface area contributed by atoms with Crippen molar-refractivity contribution in [3.8, 4) is 11.5 Å². The highest BCUT2D eigenvalue weighted by Crippen LogP contribution is 2.32. The first-order valence-corrected chi connectivity index (χ1v) is 10.2. The molecule has 1 fully saturated rings. The molecule has 0 saturated carbocycles. The third-order valence-electron chi connectivity index (χ3n) is 5.06. The maximum Gasteiger partial charge on any atom is 0.244 e. The molecule has 2 aliphatic rings. The predicted octanol–water partition coefficient (Wildman–Crippen LogP) is 3.52. The number of piperidine rings is 1. The molecule has 0 aliphatic carbocycles. The number of carbonyl (C=O) groups is 1. The van der Waals surface area contributed by atoms with Gasteiger partial charge in [-0.05, 0) is 67.1 Å². The van der Waals surface area contributed by atoms with E-state index < -0.39 is 0 Å². The van der Waals surface area contributed by atoms with Gasteiger partial charge in [0.1, 0.15) is 0 Å². The van der Waals surface area contributed by atoms with Crippen LogP contribution < -0.4 is 14.8 Å². The van der Waals surface area contributed by atoms with Crippen LogP contribution in [0.4, 0.5) is 0 Å². The average molecular weight is 385 g/mol. The Bertz CT molecular complexity index is 796. The molecule has 0 unspecified atom stereocenters. The van der Waals surface area contributed by atoms with Gasteiger partial charge in [-0.1, -0.05) is 12.1 Å². The zero-order valence-electron chi connectivity index (χ0n) is 15.2. The molecule has 3 heterocycles. The molecule has 0 spiro atoms. The molecule has 142 valence electrons. The van der Waals surface area contributed by atoms with Crippen LogP contribution >= 0.6 is 11.3 Å². The summed E-state index contributed by atoms with van der Waals surface area (Å²) in [4.78, 5) is 16.0. The summed E-state index contributed by atoms with van der Waals surface area (Å²) in [5, 5.41) is 5.17. The van der Waals surface area contributed by atoms with E-state index in [-0.39, 0.29) is 12.7 Å². The molecule has 1 saturated heterocycles. The fourth-order valence-electron chi connectivity index (χ4n) is 3.46. The molecule has 1 amide bonds. The average Bonchev–Trinajstić information content (AvgIpc) is 3.37. The Hall–Kier alpha value is -2.31. The minimum absolute atomic E-state index is 0.0475. The second-order valence-corrected chi connectivity index (χ2v) is 8.02. The van der Waals surface area contributed by atoms with E-state index in [0.717, 1.165) is 56.1 Å². The summed E-state index contributed by atoms with van der Waals surface area (Å²) >= 11 is 1.82. The topological polar surface area (TPSA) is 50.8 Å². The highest BCUT2D eigenvalue weighted by molar-refractivity contribution is 7.09. The van der Waals surface area contributed by atoms with Crippen molar-refractivity contribution < 1.29 is 14.3 Å². The number of hydrogen-bond acceptors (Lipinski definition) is 5. The summed E-state index contributed by atoms with van der Waals surface area (Å²) < 4.78 is 10.6. The number of rotatable bonds is 6. The normalized spacial score (nSPS) is 17.5. The van der Waals surface area contributed by atoms with Crippen molar-refractivity contribution in [1.29, 1.82) is 0 Å². The van der Waals surface area contributed by atoms with Crippen LogP contribution in [0.3, 0.4) is 0 Å². The Labute approximate surface area is 163 Å². The number of hydrogen-bond donors (Lipinski definition) is 1. The van der Waals surface area contributed by atoms with E-state index in [2.05, 4.69) is 27.7 Å². The van der Waals surface area contributed by atoms with Crippen LogP contribution in [-0.2, 0) is 11.3 Å². The fourth-order valence-corrected chi connectivity index (χ4v) is 4.21. The Morgan fingerprint density at radius 2 is 2.07 bits per heavy atom. The maximum atomic E-state index is 12.1. The lowest BCUT2D eigenvalue weighted by Crippen LogP contribution is -2.37. The lowest BCUT2D eigenvalue weighted by atomic mass is 9.97. The minimum Gasteiger partial charge on any atom is -0.454 e. The molecule has 1 aromatic heterocycles. The Morgan fingerprint density at radius 3 is 2.89 bits per heavy atom. The van der Waals surface area contributed by atoms with Crippen LogP contribution in [0.25, 0.3) is 6.08 Å². The van der Waals surface area contributed by atoms with E-state index >= 15 is 0 Å². The zero-order chi connectivity index (χ0) is 18.5. The van der Waals surface area contributed by atoms with Crippen molar-refractivity contribution in [3.05, 3.63) is 52.2 Å². The predicted molar refractivity (Wildman–Crippen MR) is 107 cm³/mol. The van der Waals surface area contributed by atoms with Gasteiger partial charge in [0.05, 0.1) is 0 Å². The lowest BCUT2D eigenvalue weighted by Gasteiger charge is -2.31. The van der Waals surface area contributed by atoms with Crippen LogP contribution in [0.5, 0.6) is 11.5 Å². The van der Waals surface area contributed by atoms with Gasteiger partial charge in [0.15, 0.2) is 11.5 Å². The Balaban J connectivity index is 1.18. The first-order valence-electron chi connectivity index (χ1n) is 9.36. The van der Waals surface area contributed by atoms with E-state index in [4.69, 9.17) is 9.47 Å². The van der Waals surface area contributed by atoms with Gasteiger partial charge in [-0.25, -0.2) is 0 Å². The highest BCUT2D eigenvalue weighted by atomic mass is 32.1. The Kier molecular flexibility index (Phi) is 5.75. The maximum absolute atomic E-state index is 12.1. The number of amides is 1. The zero-order valence-corrected chi connectivity index (χ0v) is 16.0. The molecule has 6 heteroatoms. The number of fused-ring (bicyclic) bond motifs is 1. The third-order valence-corrected chi connectivity index (χ3v) is 5.92. The second-order valence-electron chi connectivity index (χ2n) is 6.99. The molecule has 0 atom stereocenters. The van der Waals surface area contributed by atoms with Crippen molar-refractivity contribution in [2.75, 3.05) is 26.4 Å². The quantitative estimate of drug-likeness (QED) is 0.775. The van der Waals surface area contributed by atoms with Crippen LogP contribution in [0.1, 0.15) is 23.3 Å². The number of thiophene rings is 1.